The molecule has 0 unspecified atom stereocenters. The largest absolute Gasteiger partial charge is 0.494 e. The normalized spacial score (nSPS) is 10.6. The van der Waals surface area contributed by atoms with Crippen LogP contribution in [0.1, 0.15) is 0 Å². The van der Waals surface area contributed by atoms with Crippen molar-refractivity contribution in [1.29, 1.82) is 0 Å². The smallest absolute Gasteiger partial charge is 0.201 e. The minimum atomic E-state index is -0.458. The average molecular weight is 256 g/mol. The second kappa shape index (κ2) is 4.25. The van der Waals surface area contributed by atoms with Gasteiger partial charge in [0.25, 0.3) is 0 Å². The van der Waals surface area contributed by atoms with Gasteiger partial charge in [0, 0.05) is 12.6 Å². The zero-order valence-corrected chi connectivity index (χ0v) is 10.1. The van der Waals surface area contributed by atoms with Crippen LogP contribution in [0.5, 0.6) is 5.75 Å². The highest BCUT2D eigenvalue weighted by Gasteiger charge is 2.14. The molecule has 1 aromatic carbocycles. The third-order valence-corrected chi connectivity index (χ3v) is 2.78. The van der Waals surface area contributed by atoms with E-state index < -0.39 is 5.82 Å². The Balaban J connectivity index is 2.57. The molecule has 2 aromatic rings. The highest BCUT2D eigenvalue weighted by molar-refractivity contribution is 6.32. The van der Waals surface area contributed by atoms with E-state index in [1.807, 2.05) is 0 Å². The monoisotopic (exact) mass is 255 g/mol. The summed E-state index contributed by atoms with van der Waals surface area (Å²) in [5.41, 5.74) is 6.79. The van der Waals surface area contributed by atoms with Gasteiger partial charge in [-0.15, -0.1) is 0 Å². The van der Waals surface area contributed by atoms with Crippen molar-refractivity contribution in [3.8, 4) is 17.0 Å². The zero-order valence-electron chi connectivity index (χ0n) is 9.37. The Hall–Kier alpha value is -1.75. The van der Waals surface area contributed by atoms with Crippen molar-refractivity contribution >= 4 is 17.5 Å². The number of hydrogen-bond acceptors (Lipinski definition) is 3. The van der Waals surface area contributed by atoms with Crippen molar-refractivity contribution in [2.45, 2.75) is 0 Å². The van der Waals surface area contributed by atoms with E-state index in [9.17, 15) is 4.39 Å². The summed E-state index contributed by atoms with van der Waals surface area (Å²) in [4.78, 5) is 3.91. The number of benzene rings is 1. The number of halogens is 2. The molecule has 2 rings (SSSR count). The fourth-order valence-corrected chi connectivity index (χ4v) is 1.93. The summed E-state index contributed by atoms with van der Waals surface area (Å²) in [6.07, 6.45) is 0. The van der Waals surface area contributed by atoms with Crippen LogP contribution < -0.4 is 10.5 Å². The number of nitrogen functional groups attached to an aromatic ring is 1. The van der Waals surface area contributed by atoms with Crippen molar-refractivity contribution in [1.82, 2.24) is 9.55 Å². The lowest BCUT2D eigenvalue weighted by molar-refractivity contribution is 0.386. The summed E-state index contributed by atoms with van der Waals surface area (Å²) in [7, 11) is 3.12. The number of ether oxygens (including phenoxy) is 1. The molecule has 0 spiro atoms. The molecule has 2 N–H and O–H groups in total. The number of hydrogen-bond donors (Lipinski definition) is 1. The van der Waals surface area contributed by atoms with Gasteiger partial charge in [0.1, 0.15) is 0 Å². The Morgan fingerprint density at radius 1 is 1.47 bits per heavy atom. The van der Waals surface area contributed by atoms with Crippen molar-refractivity contribution in [3.05, 3.63) is 29.2 Å². The highest BCUT2D eigenvalue weighted by atomic mass is 35.5. The Labute approximate surface area is 103 Å². The second-order valence-electron chi connectivity index (χ2n) is 3.52. The molecule has 0 amide bonds. The molecule has 0 saturated carbocycles. The fourth-order valence-electron chi connectivity index (χ4n) is 1.61. The van der Waals surface area contributed by atoms with E-state index in [0.29, 0.717) is 11.3 Å². The quantitative estimate of drug-likeness (QED) is 0.897. The van der Waals surface area contributed by atoms with Crippen molar-refractivity contribution in [2.75, 3.05) is 12.8 Å². The highest BCUT2D eigenvalue weighted by Crippen LogP contribution is 2.31. The third kappa shape index (κ3) is 1.93. The maximum atomic E-state index is 13.6. The minimum absolute atomic E-state index is 0.181. The number of imidazole rings is 1. The maximum Gasteiger partial charge on any atom is 0.201 e. The van der Waals surface area contributed by atoms with E-state index in [1.54, 1.807) is 17.7 Å². The van der Waals surface area contributed by atoms with Gasteiger partial charge in [-0.25, -0.2) is 9.37 Å². The molecular formula is C11H11ClFN3O. The van der Waals surface area contributed by atoms with Gasteiger partial charge < -0.3 is 15.0 Å². The molecule has 17 heavy (non-hydrogen) atoms. The van der Waals surface area contributed by atoms with Crippen LogP contribution in [0.25, 0.3) is 11.3 Å². The van der Waals surface area contributed by atoms with Crippen LogP contribution in [-0.2, 0) is 7.05 Å². The van der Waals surface area contributed by atoms with E-state index in [-0.39, 0.29) is 16.9 Å². The molecule has 0 aliphatic carbocycles. The minimum Gasteiger partial charge on any atom is -0.494 e. The number of nitrogens with zero attached hydrogens (tertiary/aromatic N) is 2. The molecule has 0 aliphatic rings. The first-order valence-corrected chi connectivity index (χ1v) is 5.24. The summed E-state index contributed by atoms with van der Waals surface area (Å²) in [6.45, 7) is 0. The molecule has 0 saturated heterocycles. The fraction of sp³-hybridized carbons (Fsp3) is 0.182. The Morgan fingerprint density at radius 2 is 2.18 bits per heavy atom. The summed E-state index contributed by atoms with van der Waals surface area (Å²) >= 11 is 5.95. The lowest BCUT2D eigenvalue weighted by Gasteiger charge is -2.06. The van der Waals surface area contributed by atoms with E-state index in [4.69, 9.17) is 22.1 Å². The Morgan fingerprint density at radius 3 is 2.65 bits per heavy atom. The van der Waals surface area contributed by atoms with Gasteiger partial charge >= 0.3 is 0 Å². The first-order valence-electron chi connectivity index (χ1n) is 4.86. The third-order valence-electron chi connectivity index (χ3n) is 2.51. The summed E-state index contributed by atoms with van der Waals surface area (Å²) in [5, 5.41) is 0.245. The van der Waals surface area contributed by atoms with Crippen LogP contribution in [-0.4, -0.2) is 16.7 Å². The molecule has 1 aromatic heterocycles. The molecule has 6 heteroatoms. The van der Waals surface area contributed by atoms with Gasteiger partial charge in [-0.1, -0.05) is 11.6 Å². The summed E-state index contributed by atoms with van der Waals surface area (Å²) in [5.74, 6) is 0.00192. The lowest BCUT2D eigenvalue weighted by Crippen LogP contribution is -1.99. The Kier molecular flexibility index (Phi) is 2.93. The lowest BCUT2D eigenvalue weighted by atomic mass is 10.1. The van der Waals surface area contributed by atoms with E-state index in [2.05, 4.69) is 4.98 Å². The predicted octanol–water partition coefficient (Wildman–Crippen LogP) is 2.47. The van der Waals surface area contributed by atoms with Gasteiger partial charge in [0.05, 0.1) is 12.8 Å². The second-order valence-corrected chi connectivity index (χ2v) is 3.88. The molecule has 0 atom stereocenters. The first-order chi connectivity index (χ1) is 8.04. The van der Waals surface area contributed by atoms with Crippen LogP contribution in [0.4, 0.5) is 10.3 Å². The molecule has 0 aliphatic heterocycles. The van der Waals surface area contributed by atoms with Gasteiger partial charge in [-0.05, 0) is 18.2 Å². The molecule has 0 bridgehead atoms. The van der Waals surface area contributed by atoms with E-state index in [1.165, 1.54) is 19.2 Å². The van der Waals surface area contributed by atoms with Crippen LogP contribution in [0, 0.1) is 5.82 Å². The molecule has 0 fully saturated rings. The van der Waals surface area contributed by atoms with Gasteiger partial charge in [0.15, 0.2) is 16.7 Å². The van der Waals surface area contributed by atoms with Crippen LogP contribution in [0.3, 0.4) is 0 Å². The van der Waals surface area contributed by atoms with Crippen LogP contribution >= 0.6 is 11.6 Å². The first kappa shape index (κ1) is 11.7. The predicted molar refractivity (Wildman–Crippen MR) is 64.6 cm³/mol. The van der Waals surface area contributed by atoms with E-state index >= 15 is 0 Å². The zero-order chi connectivity index (χ0) is 12.6. The molecular weight excluding hydrogens is 245 g/mol. The maximum absolute atomic E-state index is 13.6. The molecule has 90 valence electrons. The van der Waals surface area contributed by atoms with Crippen molar-refractivity contribution in [3.63, 3.8) is 0 Å². The summed E-state index contributed by atoms with van der Waals surface area (Å²) < 4.78 is 20.0. The Bertz CT molecular complexity index is 568. The van der Waals surface area contributed by atoms with Crippen molar-refractivity contribution < 1.29 is 9.13 Å². The number of anilines is 1. The van der Waals surface area contributed by atoms with Crippen LogP contribution in [0.2, 0.25) is 5.15 Å². The van der Waals surface area contributed by atoms with Crippen molar-refractivity contribution in [2.24, 2.45) is 7.05 Å². The van der Waals surface area contributed by atoms with Gasteiger partial charge in [-0.2, -0.15) is 0 Å². The van der Waals surface area contributed by atoms with Crippen LogP contribution in [0.15, 0.2) is 18.2 Å². The standard InChI is InChI=1S/C11H11ClFN3O/c1-16-9(10(12)15-11(16)14)6-3-4-8(17-2)7(13)5-6/h3-5H,1-2H3,(H2,14,15). The average Bonchev–Trinajstić information content (AvgIpc) is 2.53. The van der Waals surface area contributed by atoms with Gasteiger partial charge in [-0.3, -0.25) is 0 Å². The SMILES string of the molecule is COc1ccc(-c2c(Cl)nc(N)n2C)cc1F. The molecule has 0 radical (unpaired) electrons. The number of aromatic nitrogens is 2. The van der Waals surface area contributed by atoms with E-state index in [0.717, 1.165) is 0 Å². The molecule has 4 nitrogen and oxygen atoms in total. The summed E-state index contributed by atoms with van der Waals surface area (Å²) in [6, 6.07) is 4.57. The van der Waals surface area contributed by atoms with Gasteiger partial charge in [0.2, 0.25) is 5.95 Å². The number of methoxy groups -OCH3 is 1. The number of nitrogens with two attached hydrogens (primary N) is 1. The molecule has 1 heterocycles. The topological polar surface area (TPSA) is 53.1 Å². The number of rotatable bonds is 2.